The summed E-state index contributed by atoms with van der Waals surface area (Å²) in [5.74, 6) is -0.624. The van der Waals surface area contributed by atoms with Gasteiger partial charge in [0.15, 0.2) is 0 Å². The number of hydrogen-bond acceptors (Lipinski definition) is 2. The fraction of sp³-hybridized carbons (Fsp3) is 0.533. The zero-order chi connectivity index (χ0) is 14.1. The van der Waals surface area contributed by atoms with E-state index in [-0.39, 0.29) is 11.5 Å². The number of amides is 1. The minimum atomic E-state index is -0.447. The van der Waals surface area contributed by atoms with Crippen LogP contribution in [-0.2, 0) is 0 Å². The predicted molar refractivity (Wildman–Crippen MR) is 79.2 cm³/mol. The van der Waals surface area contributed by atoms with Gasteiger partial charge in [0.1, 0.15) is 5.82 Å². The molecule has 2 aliphatic heterocycles. The highest BCUT2D eigenvalue weighted by atomic mass is 79.9. The Morgan fingerprint density at radius 3 is 2.85 bits per heavy atom. The first-order valence-electron chi connectivity index (χ1n) is 7.13. The molecule has 0 aromatic heterocycles. The van der Waals surface area contributed by atoms with Crippen molar-refractivity contribution in [2.45, 2.75) is 25.3 Å². The van der Waals surface area contributed by atoms with E-state index in [1.54, 1.807) is 12.1 Å². The molecule has 108 valence electrons. The van der Waals surface area contributed by atoms with Crippen LogP contribution in [0.3, 0.4) is 0 Å². The van der Waals surface area contributed by atoms with Crippen molar-refractivity contribution in [3.63, 3.8) is 0 Å². The highest BCUT2D eigenvalue weighted by Crippen LogP contribution is 2.23. The van der Waals surface area contributed by atoms with E-state index in [0.717, 1.165) is 39.0 Å². The van der Waals surface area contributed by atoms with Crippen LogP contribution in [0.5, 0.6) is 0 Å². The van der Waals surface area contributed by atoms with Crippen LogP contribution < -0.4 is 0 Å². The highest BCUT2D eigenvalue weighted by Gasteiger charge is 2.31. The summed E-state index contributed by atoms with van der Waals surface area (Å²) in [6.07, 6.45) is 3.33. The summed E-state index contributed by atoms with van der Waals surface area (Å²) in [7, 11) is 0. The molecule has 1 aromatic carbocycles. The van der Waals surface area contributed by atoms with Crippen molar-refractivity contribution in [3.05, 3.63) is 34.1 Å². The van der Waals surface area contributed by atoms with E-state index >= 15 is 0 Å². The maximum Gasteiger partial charge on any atom is 0.256 e. The number of carbonyl (C=O) groups excluding carboxylic acids is 1. The first-order valence-corrected chi connectivity index (χ1v) is 7.93. The van der Waals surface area contributed by atoms with E-state index < -0.39 is 5.82 Å². The van der Waals surface area contributed by atoms with Gasteiger partial charge < -0.3 is 4.90 Å². The topological polar surface area (TPSA) is 23.6 Å². The Morgan fingerprint density at radius 1 is 1.25 bits per heavy atom. The van der Waals surface area contributed by atoms with Gasteiger partial charge in [-0.25, -0.2) is 4.39 Å². The Morgan fingerprint density at radius 2 is 2.05 bits per heavy atom. The number of fused-ring (bicyclic) bond motifs is 1. The lowest BCUT2D eigenvalue weighted by molar-refractivity contribution is 0.0738. The lowest BCUT2D eigenvalue weighted by atomic mass is 10.1. The van der Waals surface area contributed by atoms with Crippen molar-refractivity contribution in [1.29, 1.82) is 0 Å². The molecule has 1 aromatic rings. The minimum Gasteiger partial charge on any atom is -0.337 e. The zero-order valence-electron chi connectivity index (χ0n) is 11.3. The number of nitrogens with zero attached hydrogens (tertiary/aromatic N) is 2. The van der Waals surface area contributed by atoms with Crippen LogP contribution in [0.1, 0.15) is 29.6 Å². The maximum atomic E-state index is 13.9. The van der Waals surface area contributed by atoms with E-state index in [9.17, 15) is 9.18 Å². The Kier molecular flexibility index (Phi) is 4.08. The molecular formula is C15H18BrFN2O. The van der Waals surface area contributed by atoms with Crippen LogP contribution in [-0.4, -0.2) is 47.9 Å². The molecule has 5 heteroatoms. The highest BCUT2D eigenvalue weighted by molar-refractivity contribution is 9.10. The van der Waals surface area contributed by atoms with Crippen molar-refractivity contribution in [1.82, 2.24) is 9.80 Å². The Balaban J connectivity index is 1.79. The second-order valence-corrected chi connectivity index (χ2v) is 6.48. The summed E-state index contributed by atoms with van der Waals surface area (Å²) < 4.78 is 14.6. The van der Waals surface area contributed by atoms with Gasteiger partial charge in [0.25, 0.3) is 5.91 Å². The van der Waals surface area contributed by atoms with Crippen molar-refractivity contribution in [2.24, 2.45) is 0 Å². The number of halogens is 2. The van der Waals surface area contributed by atoms with Crippen LogP contribution in [0, 0.1) is 5.82 Å². The Hall–Kier alpha value is -0.940. The van der Waals surface area contributed by atoms with Crippen molar-refractivity contribution >= 4 is 21.8 Å². The lowest BCUT2D eigenvalue weighted by Crippen LogP contribution is -2.39. The molecule has 2 aliphatic rings. The minimum absolute atomic E-state index is 0.177. The first-order chi connectivity index (χ1) is 9.65. The second kappa shape index (κ2) is 5.82. The van der Waals surface area contributed by atoms with Gasteiger partial charge >= 0.3 is 0 Å². The average Bonchev–Trinajstić information content (AvgIpc) is 2.75. The van der Waals surface area contributed by atoms with Gasteiger partial charge in [0.2, 0.25) is 0 Å². The van der Waals surface area contributed by atoms with Gasteiger partial charge in [-0.2, -0.15) is 0 Å². The number of rotatable bonds is 1. The Labute approximate surface area is 126 Å². The van der Waals surface area contributed by atoms with Gasteiger partial charge in [-0.1, -0.05) is 15.9 Å². The van der Waals surface area contributed by atoms with Gasteiger partial charge in [0.05, 0.1) is 5.56 Å². The zero-order valence-corrected chi connectivity index (χ0v) is 12.9. The molecule has 1 unspecified atom stereocenters. The third-order valence-corrected chi connectivity index (χ3v) is 4.75. The summed E-state index contributed by atoms with van der Waals surface area (Å²) in [6.45, 7) is 3.65. The van der Waals surface area contributed by atoms with Crippen molar-refractivity contribution < 1.29 is 9.18 Å². The average molecular weight is 341 g/mol. The third-order valence-electron chi connectivity index (χ3n) is 4.25. The monoisotopic (exact) mass is 340 g/mol. The molecule has 3 nitrogen and oxygen atoms in total. The quantitative estimate of drug-likeness (QED) is 0.784. The third kappa shape index (κ3) is 2.74. The summed E-state index contributed by atoms with van der Waals surface area (Å²) in [5.41, 5.74) is 0.180. The standard InChI is InChI=1S/C15H18BrFN2O/c16-11-4-5-13(14(17)9-11)15(20)19-8-2-7-18-6-1-3-12(18)10-19/h4-5,9,12H,1-3,6-8,10H2. The number of benzene rings is 1. The molecule has 2 heterocycles. The van der Waals surface area contributed by atoms with E-state index in [1.807, 2.05) is 4.90 Å². The molecule has 2 saturated heterocycles. The summed E-state index contributed by atoms with van der Waals surface area (Å²) in [5, 5.41) is 0. The number of hydrogen-bond donors (Lipinski definition) is 0. The molecule has 1 atom stereocenters. The summed E-state index contributed by atoms with van der Waals surface area (Å²) >= 11 is 3.22. The molecular weight excluding hydrogens is 323 g/mol. The summed E-state index contributed by atoms with van der Waals surface area (Å²) in [6, 6.07) is 5.10. The van der Waals surface area contributed by atoms with E-state index in [0.29, 0.717) is 10.5 Å². The van der Waals surface area contributed by atoms with E-state index in [1.165, 1.54) is 12.5 Å². The molecule has 0 spiro atoms. The predicted octanol–water partition coefficient (Wildman–Crippen LogP) is 2.90. The normalized spacial score (nSPS) is 23.5. The van der Waals surface area contributed by atoms with Crippen molar-refractivity contribution in [2.75, 3.05) is 26.2 Å². The Bertz CT molecular complexity index is 523. The second-order valence-electron chi connectivity index (χ2n) is 5.56. The molecule has 2 fully saturated rings. The smallest absolute Gasteiger partial charge is 0.256 e. The van der Waals surface area contributed by atoms with Crippen LogP contribution in [0.4, 0.5) is 4.39 Å². The van der Waals surface area contributed by atoms with Crippen LogP contribution in [0.2, 0.25) is 0 Å². The van der Waals surface area contributed by atoms with Crippen LogP contribution >= 0.6 is 15.9 Å². The largest absolute Gasteiger partial charge is 0.337 e. The first kappa shape index (κ1) is 14.0. The maximum absolute atomic E-state index is 13.9. The van der Waals surface area contributed by atoms with Crippen LogP contribution in [0.25, 0.3) is 0 Å². The van der Waals surface area contributed by atoms with Gasteiger partial charge in [-0.05, 0) is 44.0 Å². The number of carbonyl (C=O) groups is 1. The molecule has 1 amide bonds. The van der Waals surface area contributed by atoms with Crippen molar-refractivity contribution in [3.8, 4) is 0 Å². The molecule has 0 aliphatic carbocycles. The molecule has 0 radical (unpaired) electrons. The molecule has 20 heavy (non-hydrogen) atoms. The summed E-state index contributed by atoms with van der Waals surface area (Å²) in [4.78, 5) is 16.8. The van der Waals surface area contributed by atoms with Gasteiger partial charge in [-0.3, -0.25) is 9.69 Å². The lowest BCUT2D eigenvalue weighted by Gasteiger charge is -2.25. The molecule has 0 saturated carbocycles. The van der Waals surface area contributed by atoms with E-state index in [4.69, 9.17) is 0 Å². The molecule has 3 rings (SSSR count). The van der Waals surface area contributed by atoms with Gasteiger partial charge in [0, 0.05) is 30.1 Å². The fourth-order valence-corrected chi connectivity index (χ4v) is 3.56. The fourth-order valence-electron chi connectivity index (χ4n) is 3.22. The SMILES string of the molecule is O=C(c1ccc(Br)cc1F)N1CCCN2CCCC2C1. The van der Waals surface area contributed by atoms with Crippen LogP contribution in [0.15, 0.2) is 22.7 Å². The van der Waals surface area contributed by atoms with E-state index in [2.05, 4.69) is 20.8 Å². The van der Waals surface area contributed by atoms with Gasteiger partial charge in [-0.15, -0.1) is 0 Å². The molecule has 0 N–H and O–H groups in total. The molecule has 0 bridgehead atoms.